The molecule has 0 spiro atoms. The predicted octanol–water partition coefficient (Wildman–Crippen LogP) is 3.14. The average molecular weight is 312 g/mol. The minimum atomic E-state index is -0.375. The van der Waals surface area contributed by atoms with Gasteiger partial charge < -0.3 is 10.6 Å². The molecule has 1 heterocycles. The van der Waals surface area contributed by atoms with E-state index >= 15 is 0 Å². The van der Waals surface area contributed by atoms with Crippen LogP contribution < -0.4 is 10.6 Å². The molecule has 6 heteroatoms. The van der Waals surface area contributed by atoms with Crippen LogP contribution in [0.2, 0.25) is 0 Å². The number of rotatable bonds is 4. The second-order valence-corrected chi connectivity index (χ2v) is 6.27. The zero-order valence-electron chi connectivity index (χ0n) is 13.7. The maximum atomic E-state index is 12.2. The van der Waals surface area contributed by atoms with E-state index in [0.717, 1.165) is 0 Å². The Morgan fingerprint density at radius 1 is 1.04 bits per heavy atom. The van der Waals surface area contributed by atoms with Gasteiger partial charge in [0.15, 0.2) is 11.5 Å². The molecule has 120 valence electrons. The van der Waals surface area contributed by atoms with Crippen molar-refractivity contribution in [2.75, 3.05) is 10.6 Å². The Labute approximate surface area is 135 Å². The molecule has 1 amide bonds. The van der Waals surface area contributed by atoms with Crippen LogP contribution in [-0.2, 0) is 0 Å². The number of hydrogen-bond acceptors (Lipinski definition) is 5. The number of hydrogen-bond donors (Lipinski definition) is 2. The highest BCUT2D eigenvalue weighted by Gasteiger charge is 2.13. The lowest BCUT2D eigenvalue weighted by molar-refractivity contribution is 0.100. The summed E-state index contributed by atoms with van der Waals surface area (Å²) in [6.07, 6.45) is 0. The van der Waals surface area contributed by atoms with Gasteiger partial charge in [-0.15, -0.1) is 10.2 Å². The van der Waals surface area contributed by atoms with Crippen molar-refractivity contribution in [3.8, 4) is 0 Å². The van der Waals surface area contributed by atoms with Crippen LogP contribution in [0, 0.1) is 0 Å². The fraction of sp³-hybridized carbons (Fsp3) is 0.294. The molecule has 1 aromatic carbocycles. The second-order valence-electron chi connectivity index (χ2n) is 6.27. The number of carbonyl (C=O) groups is 2. The van der Waals surface area contributed by atoms with E-state index in [9.17, 15) is 9.59 Å². The van der Waals surface area contributed by atoms with Crippen molar-refractivity contribution in [3.63, 3.8) is 0 Å². The van der Waals surface area contributed by atoms with Crippen LogP contribution in [0.4, 0.5) is 11.5 Å². The third-order valence-electron chi connectivity index (χ3n) is 2.93. The number of aromatic nitrogens is 2. The summed E-state index contributed by atoms with van der Waals surface area (Å²) in [6.45, 7) is 7.51. The number of ketones is 1. The molecule has 23 heavy (non-hydrogen) atoms. The van der Waals surface area contributed by atoms with Crippen molar-refractivity contribution in [3.05, 3.63) is 47.7 Å². The SMILES string of the molecule is CC(=O)c1cccc(NC(=O)c2ccc(NC(C)(C)C)nn2)c1. The van der Waals surface area contributed by atoms with Gasteiger partial charge in [0.25, 0.3) is 5.91 Å². The molecule has 0 radical (unpaired) electrons. The summed E-state index contributed by atoms with van der Waals surface area (Å²) in [4.78, 5) is 23.5. The first-order valence-corrected chi connectivity index (χ1v) is 7.29. The third kappa shape index (κ3) is 4.88. The number of carbonyl (C=O) groups excluding carboxylic acids is 2. The predicted molar refractivity (Wildman–Crippen MR) is 89.8 cm³/mol. The summed E-state index contributed by atoms with van der Waals surface area (Å²) in [7, 11) is 0. The Morgan fingerprint density at radius 3 is 2.35 bits per heavy atom. The summed E-state index contributed by atoms with van der Waals surface area (Å²) in [5, 5.41) is 13.8. The van der Waals surface area contributed by atoms with Crippen molar-refractivity contribution >= 4 is 23.2 Å². The lowest BCUT2D eigenvalue weighted by atomic mass is 10.1. The minimum absolute atomic E-state index is 0.0569. The van der Waals surface area contributed by atoms with Gasteiger partial charge in [0.05, 0.1) is 0 Å². The summed E-state index contributed by atoms with van der Waals surface area (Å²) in [6, 6.07) is 10.1. The zero-order valence-corrected chi connectivity index (χ0v) is 13.7. The van der Waals surface area contributed by atoms with Gasteiger partial charge >= 0.3 is 0 Å². The maximum Gasteiger partial charge on any atom is 0.276 e. The lowest BCUT2D eigenvalue weighted by Crippen LogP contribution is -2.27. The van der Waals surface area contributed by atoms with Crippen LogP contribution in [0.15, 0.2) is 36.4 Å². The van der Waals surface area contributed by atoms with Crippen LogP contribution in [0.25, 0.3) is 0 Å². The Morgan fingerprint density at radius 2 is 1.78 bits per heavy atom. The van der Waals surface area contributed by atoms with Crippen LogP contribution in [0.5, 0.6) is 0 Å². The quantitative estimate of drug-likeness (QED) is 0.847. The van der Waals surface area contributed by atoms with Gasteiger partial charge in [0.2, 0.25) is 0 Å². The van der Waals surface area contributed by atoms with Gasteiger partial charge in [-0.25, -0.2) is 0 Å². The number of nitrogens with zero attached hydrogens (tertiary/aromatic N) is 2. The molecular weight excluding hydrogens is 292 g/mol. The molecule has 0 saturated carbocycles. The highest BCUT2D eigenvalue weighted by Crippen LogP contribution is 2.14. The topological polar surface area (TPSA) is 84.0 Å². The smallest absolute Gasteiger partial charge is 0.276 e. The maximum absolute atomic E-state index is 12.2. The van der Waals surface area contributed by atoms with Crippen molar-refractivity contribution in [1.82, 2.24) is 10.2 Å². The second kappa shape index (κ2) is 6.56. The number of anilines is 2. The molecule has 2 N–H and O–H groups in total. The first-order chi connectivity index (χ1) is 10.7. The van der Waals surface area contributed by atoms with Crippen molar-refractivity contribution in [2.24, 2.45) is 0 Å². The van der Waals surface area contributed by atoms with Gasteiger partial charge in [-0.2, -0.15) is 0 Å². The Bertz CT molecular complexity index is 718. The molecule has 0 atom stereocenters. The van der Waals surface area contributed by atoms with E-state index in [-0.39, 0.29) is 22.9 Å². The van der Waals surface area contributed by atoms with Gasteiger partial charge in [0, 0.05) is 16.8 Å². The molecule has 0 bridgehead atoms. The number of Topliss-reactive ketones (excluding diaryl/α,β-unsaturated/α-hetero) is 1. The average Bonchev–Trinajstić information content (AvgIpc) is 2.46. The number of benzene rings is 1. The first-order valence-electron chi connectivity index (χ1n) is 7.29. The van der Waals surface area contributed by atoms with Gasteiger partial charge in [0.1, 0.15) is 5.82 Å². The summed E-state index contributed by atoms with van der Waals surface area (Å²) < 4.78 is 0. The molecular formula is C17H20N4O2. The highest BCUT2D eigenvalue weighted by molar-refractivity contribution is 6.03. The molecule has 0 aliphatic rings. The fourth-order valence-corrected chi connectivity index (χ4v) is 1.92. The molecule has 0 saturated heterocycles. The van der Waals surface area contributed by atoms with E-state index < -0.39 is 0 Å². The van der Waals surface area contributed by atoms with Crippen LogP contribution in [-0.4, -0.2) is 27.4 Å². The van der Waals surface area contributed by atoms with Gasteiger partial charge in [-0.1, -0.05) is 12.1 Å². The largest absolute Gasteiger partial charge is 0.364 e. The Kier molecular flexibility index (Phi) is 4.74. The number of amides is 1. The van der Waals surface area contributed by atoms with E-state index in [2.05, 4.69) is 20.8 Å². The molecule has 2 aromatic rings. The summed E-state index contributed by atoms with van der Waals surface area (Å²) in [5.41, 5.74) is 1.16. The Balaban J connectivity index is 2.09. The van der Waals surface area contributed by atoms with Crippen LogP contribution >= 0.6 is 0 Å². The van der Waals surface area contributed by atoms with Gasteiger partial charge in [-0.3, -0.25) is 9.59 Å². The first kappa shape index (κ1) is 16.6. The van der Waals surface area contributed by atoms with Gasteiger partial charge in [-0.05, 0) is 52.0 Å². The monoisotopic (exact) mass is 312 g/mol. The van der Waals surface area contributed by atoms with Crippen molar-refractivity contribution in [1.29, 1.82) is 0 Å². The molecule has 6 nitrogen and oxygen atoms in total. The number of nitrogens with one attached hydrogen (secondary N) is 2. The zero-order chi connectivity index (χ0) is 17.0. The Hall–Kier alpha value is -2.76. The van der Waals surface area contributed by atoms with E-state index in [1.54, 1.807) is 36.4 Å². The minimum Gasteiger partial charge on any atom is -0.364 e. The fourth-order valence-electron chi connectivity index (χ4n) is 1.92. The lowest BCUT2D eigenvalue weighted by Gasteiger charge is -2.20. The molecule has 1 aromatic heterocycles. The molecule has 0 aliphatic carbocycles. The van der Waals surface area contributed by atoms with Crippen LogP contribution in [0.1, 0.15) is 48.5 Å². The standard InChI is InChI=1S/C17H20N4O2/c1-11(22)12-6-5-7-13(10-12)18-16(23)14-8-9-15(21-20-14)19-17(2,3)4/h5-10H,1-4H3,(H,18,23)(H,19,21). The third-order valence-corrected chi connectivity index (χ3v) is 2.93. The van der Waals surface area contributed by atoms with Crippen molar-refractivity contribution in [2.45, 2.75) is 33.2 Å². The van der Waals surface area contributed by atoms with E-state index in [1.807, 2.05) is 20.8 Å². The molecule has 2 rings (SSSR count). The highest BCUT2D eigenvalue weighted by atomic mass is 16.2. The summed E-state index contributed by atoms with van der Waals surface area (Å²) in [5.74, 6) is 0.173. The molecule has 0 aliphatic heterocycles. The van der Waals surface area contributed by atoms with E-state index in [0.29, 0.717) is 17.1 Å². The summed E-state index contributed by atoms with van der Waals surface area (Å²) >= 11 is 0. The van der Waals surface area contributed by atoms with Crippen LogP contribution in [0.3, 0.4) is 0 Å². The van der Waals surface area contributed by atoms with Crippen molar-refractivity contribution < 1.29 is 9.59 Å². The molecule has 0 unspecified atom stereocenters. The van der Waals surface area contributed by atoms with E-state index in [4.69, 9.17) is 0 Å². The molecule has 0 fully saturated rings. The normalized spacial score (nSPS) is 11.0. The van der Waals surface area contributed by atoms with E-state index in [1.165, 1.54) is 6.92 Å².